The standard InChI is InChI=1S/C28H23N5O/c1-4-8-21-17-22(11-12-23(21)29-3)24-18(2)31-27-25(19-9-6-5-7-10-19)26(32-33(27)28(24)34)20-13-15-30-16-14-20/h4-17,32H,3H2,1-2H3/b8-4-. The van der Waals surface area contributed by atoms with Gasteiger partial charge in [-0.1, -0.05) is 48.6 Å². The summed E-state index contributed by atoms with van der Waals surface area (Å²) in [5.74, 6) is 0. The molecular weight excluding hydrogens is 422 g/mol. The van der Waals surface area contributed by atoms with Crippen molar-refractivity contribution in [3.8, 4) is 33.5 Å². The van der Waals surface area contributed by atoms with Gasteiger partial charge in [-0.2, -0.15) is 4.52 Å². The molecule has 5 aromatic rings. The molecular formula is C28H23N5O. The van der Waals surface area contributed by atoms with Crippen molar-refractivity contribution in [2.75, 3.05) is 0 Å². The van der Waals surface area contributed by atoms with Gasteiger partial charge in [0.05, 0.1) is 28.2 Å². The number of aromatic nitrogens is 4. The summed E-state index contributed by atoms with van der Waals surface area (Å²) < 4.78 is 1.54. The highest BCUT2D eigenvalue weighted by atomic mass is 16.1. The van der Waals surface area contributed by atoms with E-state index in [1.807, 2.05) is 86.7 Å². The minimum atomic E-state index is -0.161. The van der Waals surface area contributed by atoms with E-state index in [1.165, 1.54) is 4.52 Å². The average molecular weight is 446 g/mol. The van der Waals surface area contributed by atoms with E-state index in [0.29, 0.717) is 16.9 Å². The summed E-state index contributed by atoms with van der Waals surface area (Å²) in [6.45, 7) is 7.47. The van der Waals surface area contributed by atoms with Crippen LogP contribution in [0.15, 0.2) is 88.9 Å². The van der Waals surface area contributed by atoms with Gasteiger partial charge >= 0.3 is 0 Å². The smallest absolute Gasteiger partial charge is 0.280 e. The van der Waals surface area contributed by atoms with Gasteiger partial charge in [-0.15, -0.1) is 0 Å². The lowest BCUT2D eigenvalue weighted by Crippen LogP contribution is -2.19. The summed E-state index contributed by atoms with van der Waals surface area (Å²) in [6.07, 6.45) is 7.37. The lowest BCUT2D eigenvalue weighted by Gasteiger charge is -2.09. The Labute approximate surface area is 197 Å². The number of hydrogen-bond acceptors (Lipinski definition) is 4. The SMILES string of the molecule is C=Nc1ccc(-c2c(C)nc3c(-c4ccccc4)c(-c4ccncc4)[nH]n3c2=O)cc1/C=C\C. The second-order valence-electron chi connectivity index (χ2n) is 7.93. The quantitative estimate of drug-likeness (QED) is 0.333. The normalized spacial score (nSPS) is 11.4. The van der Waals surface area contributed by atoms with Crippen molar-refractivity contribution in [3.05, 3.63) is 101 Å². The lowest BCUT2D eigenvalue weighted by atomic mass is 10.0. The van der Waals surface area contributed by atoms with E-state index < -0.39 is 0 Å². The van der Waals surface area contributed by atoms with Crippen molar-refractivity contribution in [2.24, 2.45) is 4.99 Å². The first-order valence-corrected chi connectivity index (χ1v) is 11.0. The first-order valence-electron chi connectivity index (χ1n) is 11.0. The molecule has 0 saturated carbocycles. The zero-order valence-corrected chi connectivity index (χ0v) is 19.0. The number of aromatic amines is 1. The van der Waals surface area contributed by atoms with Crippen LogP contribution in [0.1, 0.15) is 18.2 Å². The van der Waals surface area contributed by atoms with Crippen molar-refractivity contribution in [1.29, 1.82) is 0 Å². The predicted molar refractivity (Wildman–Crippen MR) is 139 cm³/mol. The molecule has 166 valence electrons. The molecule has 0 aliphatic carbocycles. The lowest BCUT2D eigenvalue weighted by molar-refractivity contribution is 0.896. The van der Waals surface area contributed by atoms with Crippen LogP contribution in [0.5, 0.6) is 0 Å². The van der Waals surface area contributed by atoms with Gasteiger partial charge in [0.2, 0.25) is 0 Å². The highest BCUT2D eigenvalue weighted by molar-refractivity contribution is 5.91. The molecule has 3 aromatic heterocycles. The van der Waals surface area contributed by atoms with E-state index in [-0.39, 0.29) is 5.56 Å². The second kappa shape index (κ2) is 8.75. The number of benzene rings is 2. The molecule has 0 unspecified atom stereocenters. The van der Waals surface area contributed by atoms with Crippen LogP contribution in [-0.4, -0.2) is 26.3 Å². The molecule has 6 nitrogen and oxygen atoms in total. The molecule has 1 N–H and O–H groups in total. The summed E-state index contributed by atoms with van der Waals surface area (Å²) in [7, 11) is 0. The van der Waals surface area contributed by atoms with Crippen LogP contribution in [0, 0.1) is 6.92 Å². The largest absolute Gasteiger partial charge is 0.288 e. The van der Waals surface area contributed by atoms with Crippen LogP contribution < -0.4 is 5.56 Å². The maximum atomic E-state index is 13.8. The zero-order chi connectivity index (χ0) is 23.7. The second-order valence-corrected chi connectivity index (χ2v) is 7.93. The Morgan fingerprint density at radius 1 is 0.971 bits per heavy atom. The number of aryl methyl sites for hydroxylation is 1. The molecule has 0 radical (unpaired) electrons. The molecule has 5 rings (SSSR count). The van der Waals surface area contributed by atoms with Crippen molar-refractivity contribution < 1.29 is 0 Å². The number of fused-ring (bicyclic) bond motifs is 1. The van der Waals surface area contributed by atoms with Crippen LogP contribution in [0.2, 0.25) is 0 Å². The Morgan fingerprint density at radius 2 is 1.74 bits per heavy atom. The van der Waals surface area contributed by atoms with Crippen molar-refractivity contribution in [1.82, 2.24) is 19.6 Å². The van der Waals surface area contributed by atoms with Gasteiger partial charge in [0.25, 0.3) is 5.56 Å². The third-order valence-electron chi connectivity index (χ3n) is 5.83. The van der Waals surface area contributed by atoms with Gasteiger partial charge in [0.15, 0.2) is 5.65 Å². The fourth-order valence-electron chi connectivity index (χ4n) is 4.28. The highest BCUT2D eigenvalue weighted by Crippen LogP contribution is 2.35. The van der Waals surface area contributed by atoms with Crippen LogP contribution in [0.4, 0.5) is 5.69 Å². The van der Waals surface area contributed by atoms with Crippen molar-refractivity contribution in [3.63, 3.8) is 0 Å². The fraction of sp³-hybridized carbons (Fsp3) is 0.0714. The summed E-state index contributed by atoms with van der Waals surface area (Å²) in [4.78, 5) is 27.0. The number of H-pyrrole nitrogens is 1. The Morgan fingerprint density at radius 3 is 2.44 bits per heavy atom. The minimum Gasteiger partial charge on any atom is -0.288 e. The Kier molecular flexibility index (Phi) is 5.47. The van der Waals surface area contributed by atoms with E-state index in [1.54, 1.807) is 12.4 Å². The summed E-state index contributed by atoms with van der Waals surface area (Å²) in [6, 6.07) is 19.5. The summed E-state index contributed by atoms with van der Waals surface area (Å²) >= 11 is 0. The third-order valence-corrected chi connectivity index (χ3v) is 5.83. The Bertz CT molecular complexity index is 1600. The van der Waals surface area contributed by atoms with Crippen LogP contribution >= 0.6 is 0 Å². The predicted octanol–water partition coefficient (Wildman–Crippen LogP) is 6.09. The maximum absolute atomic E-state index is 13.8. The van der Waals surface area contributed by atoms with E-state index in [0.717, 1.165) is 39.2 Å². The van der Waals surface area contributed by atoms with E-state index in [2.05, 4.69) is 21.8 Å². The number of nitrogens with zero attached hydrogens (tertiary/aromatic N) is 4. The van der Waals surface area contributed by atoms with Crippen LogP contribution in [0.25, 0.3) is 45.2 Å². The molecule has 0 saturated heterocycles. The van der Waals surface area contributed by atoms with E-state index >= 15 is 0 Å². The molecule has 0 bridgehead atoms. The number of aliphatic imine (C=N–C) groups is 1. The van der Waals surface area contributed by atoms with Gasteiger partial charge in [0.1, 0.15) is 0 Å². The van der Waals surface area contributed by atoms with Gasteiger partial charge < -0.3 is 0 Å². The van der Waals surface area contributed by atoms with Crippen molar-refractivity contribution >= 4 is 24.1 Å². The molecule has 0 fully saturated rings. The van der Waals surface area contributed by atoms with Crippen LogP contribution in [0.3, 0.4) is 0 Å². The molecule has 34 heavy (non-hydrogen) atoms. The first kappa shape index (κ1) is 21.3. The molecule has 0 atom stereocenters. The maximum Gasteiger partial charge on any atom is 0.280 e. The molecule has 6 heteroatoms. The van der Waals surface area contributed by atoms with Crippen molar-refractivity contribution in [2.45, 2.75) is 13.8 Å². The van der Waals surface area contributed by atoms with Gasteiger partial charge in [0, 0.05) is 23.5 Å². The summed E-state index contributed by atoms with van der Waals surface area (Å²) in [5, 5.41) is 3.32. The molecule has 0 spiro atoms. The monoisotopic (exact) mass is 445 g/mol. The number of pyridine rings is 1. The third kappa shape index (κ3) is 3.55. The highest BCUT2D eigenvalue weighted by Gasteiger charge is 2.21. The first-order chi connectivity index (χ1) is 16.6. The molecule has 3 heterocycles. The Hall–Kier alpha value is -4.58. The average Bonchev–Trinajstić information content (AvgIpc) is 3.25. The van der Waals surface area contributed by atoms with Gasteiger partial charge in [-0.3, -0.25) is 19.9 Å². The Balaban J connectivity index is 1.82. The number of nitrogens with one attached hydrogen (secondary N) is 1. The summed E-state index contributed by atoms with van der Waals surface area (Å²) in [5.41, 5.74) is 7.66. The van der Waals surface area contributed by atoms with E-state index in [9.17, 15) is 4.79 Å². The molecule has 0 aliphatic heterocycles. The van der Waals surface area contributed by atoms with Gasteiger partial charge in [-0.25, -0.2) is 4.98 Å². The topological polar surface area (TPSA) is 75.4 Å². The zero-order valence-electron chi connectivity index (χ0n) is 19.0. The number of allylic oxidation sites excluding steroid dienone is 1. The fourth-order valence-corrected chi connectivity index (χ4v) is 4.28. The van der Waals surface area contributed by atoms with Gasteiger partial charge in [-0.05, 0) is 56.0 Å². The number of hydrogen-bond donors (Lipinski definition) is 1. The molecule has 0 amide bonds. The minimum absolute atomic E-state index is 0.161. The molecule has 2 aromatic carbocycles. The van der Waals surface area contributed by atoms with E-state index in [4.69, 9.17) is 4.98 Å². The number of rotatable bonds is 5. The van der Waals surface area contributed by atoms with Crippen LogP contribution in [-0.2, 0) is 0 Å². The molecule has 0 aliphatic rings.